The van der Waals surface area contributed by atoms with E-state index in [1.165, 1.54) is 0 Å². The van der Waals surface area contributed by atoms with Crippen LogP contribution in [0.3, 0.4) is 0 Å². The Hall–Kier alpha value is -0.120. The molecule has 1 aliphatic carbocycles. The predicted molar refractivity (Wildman–Crippen MR) is 59.6 cm³/mol. The topological polar surface area (TPSA) is 43.7 Å². The number of likely N-dealkylation sites (tertiary alicyclic amines) is 1. The maximum atomic E-state index is 9.98. The predicted octanol–water partition coefficient (Wildman–Crippen LogP) is 0.994. The van der Waals surface area contributed by atoms with Gasteiger partial charge in [0, 0.05) is 13.1 Å². The van der Waals surface area contributed by atoms with Crippen LogP contribution in [0.25, 0.3) is 0 Å². The summed E-state index contributed by atoms with van der Waals surface area (Å²) in [4.78, 5) is 2.32. The van der Waals surface area contributed by atoms with E-state index in [0.717, 1.165) is 51.7 Å². The molecule has 3 heteroatoms. The molecule has 88 valence electrons. The van der Waals surface area contributed by atoms with Crippen LogP contribution in [0.1, 0.15) is 39.0 Å². The molecule has 0 radical (unpaired) electrons. The maximum Gasteiger partial charge on any atom is 0.0746 e. The summed E-state index contributed by atoms with van der Waals surface area (Å²) in [5.41, 5.74) is -0.512. The fraction of sp³-hybridized carbons (Fsp3) is 1.00. The Morgan fingerprint density at radius 3 is 2.73 bits per heavy atom. The van der Waals surface area contributed by atoms with E-state index in [4.69, 9.17) is 0 Å². The van der Waals surface area contributed by atoms with Crippen molar-refractivity contribution in [2.45, 2.75) is 50.7 Å². The molecule has 1 aliphatic heterocycles. The van der Waals surface area contributed by atoms with Gasteiger partial charge >= 0.3 is 0 Å². The van der Waals surface area contributed by atoms with Crippen LogP contribution < -0.4 is 0 Å². The van der Waals surface area contributed by atoms with E-state index >= 15 is 0 Å². The minimum absolute atomic E-state index is 0.100. The minimum atomic E-state index is -0.512. The van der Waals surface area contributed by atoms with E-state index in [1.807, 2.05) is 6.92 Å². The van der Waals surface area contributed by atoms with E-state index in [-0.39, 0.29) is 6.10 Å². The molecule has 0 bridgehead atoms. The average molecular weight is 213 g/mol. The van der Waals surface area contributed by atoms with E-state index in [2.05, 4.69) is 4.90 Å². The van der Waals surface area contributed by atoms with Gasteiger partial charge in [0.1, 0.15) is 0 Å². The molecule has 1 saturated carbocycles. The van der Waals surface area contributed by atoms with Gasteiger partial charge in [0.15, 0.2) is 0 Å². The van der Waals surface area contributed by atoms with E-state index in [0.29, 0.717) is 5.92 Å². The standard InChI is InChI=1S/C12H23NO2/c1-12(15)6-3-7-13(9-12)8-10-4-2-5-11(10)14/h10-11,14-15H,2-9H2,1H3. The van der Waals surface area contributed by atoms with Gasteiger partial charge in [-0.15, -0.1) is 0 Å². The molecule has 2 rings (SSSR count). The van der Waals surface area contributed by atoms with Gasteiger partial charge < -0.3 is 15.1 Å². The van der Waals surface area contributed by atoms with Crippen LogP contribution in [-0.2, 0) is 0 Å². The first-order valence-electron chi connectivity index (χ1n) is 6.20. The lowest BCUT2D eigenvalue weighted by Crippen LogP contribution is -2.48. The largest absolute Gasteiger partial charge is 0.393 e. The van der Waals surface area contributed by atoms with Crippen molar-refractivity contribution in [1.29, 1.82) is 0 Å². The van der Waals surface area contributed by atoms with Gasteiger partial charge in [-0.3, -0.25) is 0 Å². The molecule has 0 aromatic rings. The Labute approximate surface area is 92.1 Å². The summed E-state index contributed by atoms with van der Waals surface area (Å²) in [6.07, 6.45) is 5.17. The monoisotopic (exact) mass is 213 g/mol. The lowest BCUT2D eigenvalue weighted by molar-refractivity contribution is -0.0255. The fourth-order valence-electron chi connectivity index (χ4n) is 3.04. The highest BCUT2D eigenvalue weighted by Gasteiger charge is 2.32. The van der Waals surface area contributed by atoms with E-state index in [9.17, 15) is 10.2 Å². The molecule has 2 fully saturated rings. The number of rotatable bonds is 2. The number of hydrogen-bond donors (Lipinski definition) is 2. The van der Waals surface area contributed by atoms with Crippen LogP contribution in [-0.4, -0.2) is 46.5 Å². The van der Waals surface area contributed by atoms with Crippen molar-refractivity contribution >= 4 is 0 Å². The lowest BCUT2D eigenvalue weighted by atomic mass is 9.94. The van der Waals surface area contributed by atoms with E-state index < -0.39 is 5.60 Å². The van der Waals surface area contributed by atoms with Crippen molar-refractivity contribution in [3.05, 3.63) is 0 Å². The number of nitrogens with zero attached hydrogens (tertiary/aromatic N) is 1. The molecule has 0 aromatic heterocycles. The van der Waals surface area contributed by atoms with Crippen molar-refractivity contribution in [2.24, 2.45) is 5.92 Å². The third kappa shape index (κ3) is 2.92. The maximum absolute atomic E-state index is 9.98. The van der Waals surface area contributed by atoms with Crippen molar-refractivity contribution in [2.75, 3.05) is 19.6 Å². The number of aliphatic hydroxyl groups excluding tert-OH is 1. The fourth-order valence-corrected chi connectivity index (χ4v) is 3.04. The van der Waals surface area contributed by atoms with Gasteiger partial charge in [0.05, 0.1) is 11.7 Å². The number of hydrogen-bond acceptors (Lipinski definition) is 3. The summed E-state index contributed by atoms with van der Waals surface area (Å²) >= 11 is 0. The van der Waals surface area contributed by atoms with Crippen molar-refractivity contribution in [3.63, 3.8) is 0 Å². The van der Waals surface area contributed by atoms with Crippen LogP contribution in [0.2, 0.25) is 0 Å². The second-order valence-corrected chi connectivity index (χ2v) is 5.59. The summed E-state index contributed by atoms with van der Waals surface area (Å²) < 4.78 is 0. The zero-order chi connectivity index (χ0) is 10.9. The second kappa shape index (κ2) is 4.40. The first kappa shape index (κ1) is 11.4. The Morgan fingerprint density at radius 2 is 2.13 bits per heavy atom. The molecule has 15 heavy (non-hydrogen) atoms. The Bertz CT molecular complexity index is 218. The number of aliphatic hydroxyl groups is 2. The van der Waals surface area contributed by atoms with Crippen LogP contribution >= 0.6 is 0 Å². The highest BCUT2D eigenvalue weighted by Crippen LogP contribution is 2.28. The Kier molecular flexibility index (Phi) is 3.33. The van der Waals surface area contributed by atoms with Gasteiger partial charge in [-0.05, 0) is 45.1 Å². The summed E-state index contributed by atoms with van der Waals surface area (Å²) in [5, 5.41) is 19.7. The molecule has 0 aromatic carbocycles. The van der Waals surface area contributed by atoms with Crippen LogP contribution in [0.4, 0.5) is 0 Å². The first-order valence-corrected chi connectivity index (χ1v) is 6.20. The van der Waals surface area contributed by atoms with Gasteiger partial charge in [-0.2, -0.15) is 0 Å². The first-order chi connectivity index (χ1) is 7.07. The quantitative estimate of drug-likeness (QED) is 0.719. The SMILES string of the molecule is CC1(O)CCCN(CC2CCCC2O)C1. The van der Waals surface area contributed by atoms with Crippen molar-refractivity contribution < 1.29 is 10.2 Å². The third-order valence-electron chi connectivity index (χ3n) is 3.87. The van der Waals surface area contributed by atoms with Crippen LogP contribution in [0.15, 0.2) is 0 Å². The molecule has 2 N–H and O–H groups in total. The zero-order valence-corrected chi connectivity index (χ0v) is 9.65. The van der Waals surface area contributed by atoms with E-state index in [1.54, 1.807) is 0 Å². The molecule has 0 amide bonds. The lowest BCUT2D eigenvalue weighted by Gasteiger charge is -2.38. The van der Waals surface area contributed by atoms with Gasteiger partial charge in [0.25, 0.3) is 0 Å². The Morgan fingerprint density at radius 1 is 1.33 bits per heavy atom. The zero-order valence-electron chi connectivity index (χ0n) is 9.65. The average Bonchev–Trinajstić information content (AvgIpc) is 2.50. The normalized spacial score (nSPS) is 43.4. The molecule has 3 unspecified atom stereocenters. The number of piperidine rings is 1. The third-order valence-corrected chi connectivity index (χ3v) is 3.87. The van der Waals surface area contributed by atoms with Gasteiger partial charge in [0.2, 0.25) is 0 Å². The molecular formula is C12H23NO2. The van der Waals surface area contributed by atoms with Crippen LogP contribution in [0, 0.1) is 5.92 Å². The molecular weight excluding hydrogens is 190 g/mol. The highest BCUT2D eigenvalue weighted by molar-refractivity contribution is 4.86. The minimum Gasteiger partial charge on any atom is -0.393 e. The smallest absolute Gasteiger partial charge is 0.0746 e. The van der Waals surface area contributed by atoms with Crippen LogP contribution in [0.5, 0.6) is 0 Å². The Balaban J connectivity index is 1.83. The number of β-amino-alcohol motifs (C(OH)–C–C–N with tert-alkyl or cyclic N) is 1. The van der Waals surface area contributed by atoms with Crippen molar-refractivity contribution in [3.8, 4) is 0 Å². The summed E-state index contributed by atoms with van der Waals surface area (Å²) in [6, 6.07) is 0. The molecule has 2 aliphatic rings. The molecule has 3 nitrogen and oxygen atoms in total. The van der Waals surface area contributed by atoms with Gasteiger partial charge in [-0.1, -0.05) is 6.42 Å². The molecule has 1 saturated heterocycles. The molecule has 1 heterocycles. The summed E-state index contributed by atoms with van der Waals surface area (Å²) in [6.45, 7) is 4.75. The summed E-state index contributed by atoms with van der Waals surface area (Å²) in [5.74, 6) is 0.443. The van der Waals surface area contributed by atoms with Gasteiger partial charge in [-0.25, -0.2) is 0 Å². The highest BCUT2D eigenvalue weighted by atomic mass is 16.3. The summed E-state index contributed by atoms with van der Waals surface area (Å²) in [7, 11) is 0. The molecule has 0 spiro atoms. The van der Waals surface area contributed by atoms with Crippen molar-refractivity contribution in [1.82, 2.24) is 4.90 Å². The molecule has 3 atom stereocenters. The second-order valence-electron chi connectivity index (χ2n) is 5.59.